The Balaban J connectivity index is 1.05. The topological polar surface area (TPSA) is 53.7 Å². The van der Waals surface area contributed by atoms with E-state index in [0.29, 0.717) is 11.5 Å². The number of aromatic nitrogens is 5. The zero-order valence-electron chi connectivity index (χ0n) is 34.2. The Morgan fingerprint density at radius 1 is 0.359 bits per heavy atom. The van der Waals surface area contributed by atoms with Crippen LogP contribution in [0.2, 0.25) is 0 Å². The Bertz CT molecular complexity index is 4320. The molecule has 0 bridgehead atoms. The zero-order chi connectivity index (χ0) is 41.6. The van der Waals surface area contributed by atoms with Gasteiger partial charge in [0.25, 0.3) is 0 Å². The van der Waals surface area contributed by atoms with Gasteiger partial charge in [-0.3, -0.25) is 4.57 Å². The molecule has 0 radical (unpaired) electrons. The lowest BCUT2D eigenvalue weighted by atomic mass is 9.94. The Labute approximate surface area is 365 Å². The van der Waals surface area contributed by atoms with Crippen LogP contribution in [0.3, 0.4) is 0 Å². The summed E-state index contributed by atoms with van der Waals surface area (Å²) in [5.41, 5.74) is 17.9. The predicted octanol–water partition coefficient (Wildman–Crippen LogP) is 15.0. The van der Waals surface area contributed by atoms with Crippen LogP contribution in [0.1, 0.15) is 0 Å². The summed E-state index contributed by atoms with van der Waals surface area (Å²) >= 11 is 0. The van der Waals surface area contributed by atoms with Gasteiger partial charge in [0.15, 0.2) is 5.58 Å². The summed E-state index contributed by atoms with van der Waals surface area (Å²) < 4.78 is 13.8. The van der Waals surface area contributed by atoms with E-state index in [2.05, 4.69) is 202 Å². The van der Waals surface area contributed by atoms with Crippen molar-refractivity contribution >= 4 is 87.5 Å². The van der Waals surface area contributed by atoms with Gasteiger partial charge in [-0.15, -0.1) is 0 Å². The van der Waals surface area contributed by atoms with Gasteiger partial charge in [0, 0.05) is 60.1 Å². The minimum Gasteiger partial charge on any atom is -0.452 e. The highest BCUT2D eigenvalue weighted by atomic mass is 16.3. The Morgan fingerprint density at radius 3 is 1.77 bits per heavy atom. The molecule has 0 unspecified atom stereocenters. The smallest absolute Gasteiger partial charge is 0.236 e. The first-order chi connectivity index (χ1) is 31.8. The Hall–Kier alpha value is -8.74. The van der Waals surface area contributed by atoms with Gasteiger partial charge >= 0.3 is 0 Å². The van der Waals surface area contributed by atoms with Gasteiger partial charge in [0.05, 0.1) is 38.8 Å². The lowest BCUT2D eigenvalue weighted by molar-refractivity contribution is 0.666. The van der Waals surface area contributed by atoms with Crippen LogP contribution >= 0.6 is 0 Å². The molecule has 6 heterocycles. The fourth-order valence-electron chi connectivity index (χ4n) is 10.9. The van der Waals surface area contributed by atoms with E-state index in [1.165, 1.54) is 55.0 Å². The number of hydrogen-bond acceptors (Lipinski definition) is 3. The number of benzene rings is 9. The van der Waals surface area contributed by atoms with Crippen LogP contribution in [0.4, 0.5) is 0 Å². The van der Waals surface area contributed by atoms with Gasteiger partial charge in [0.2, 0.25) is 5.95 Å². The average molecular weight is 816 g/mol. The second kappa shape index (κ2) is 12.4. The maximum absolute atomic E-state index is 6.73. The first-order valence-electron chi connectivity index (χ1n) is 21.7. The number of fused-ring (bicyclic) bond motifs is 17. The summed E-state index contributed by atoms with van der Waals surface area (Å²) in [6, 6.07) is 71.9. The molecule has 6 nitrogen and oxygen atoms in total. The third-order valence-corrected chi connectivity index (χ3v) is 13.6. The summed E-state index contributed by atoms with van der Waals surface area (Å²) in [7, 11) is 0. The molecular formula is C58H33N5O. The number of hydrogen-bond donors (Lipinski definition) is 0. The minimum absolute atomic E-state index is 0.591. The molecule has 0 saturated heterocycles. The molecule has 296 valence electrons. The highest BCUT2D eigenvalue weighted by Gasteiger charge is 2.27. The molecule has 9 aromatic carbocycles. The second-order valence-electron chi connectivity index (χ2n) is 16.9. The molecule has 0 saturated carbocycles. The van der Waals surface area contributed by atoms with Crippen LogP contribution in [0.5, 0.6) is 0 Å². The lowest BCUT2D eigenvalue weighted by Crippen LogP contribution is -2.03. The normalized spacial score (nSPS) is 12.4. The third kappa shape index (κ3) is 4.43. The largest absolute Gasteiger partial charge is 0.452 e. The molecule has 0 N–H and O–H groups in total. The van der Waals surface area contributed by atoms with Crippen molar-refractivity contribution in [3.8, 4) is 50.8 Å². The van der Waals surface area contributed by atoms with Gasteiger partial charge in [-0.05, 0) is 71.8 Å². The quantitative estimate of drug-likeness (QED) is 0.178. The highest BCUT2D eigenvalue weighted by Crippen LogP contribution is 2.48. The maximum Gasteiger partial charge on any atom is 0.236 e. The maximum atomic E-state index is 6.73. The van der Waals surface area contributed by atoms with E-state index < -0.39 is 0 Å². The van der Waals surface area contributed by atoms with Gasteiger partial charge in [-0.25, -0.2) is 9.97 Å². The van der Waals surface area contributed by atoms with E-state index in [9.17, 15) is 0 Å². The first kappa shape index (κ1) is 33.9. The van der Waals surface area contributed by atoms with Crippen molar-refractivity contribution in [2.45, 2.75) is 0 Å². The van der Waals surface area contributed by atoms with Crippen molar-refractivity contribution in [1.82, 2.24) is 23.7 Å². The standard InChI is InChI=1S/C58H33N5O/c1-2-15-35(16-3-1)61-47-25-10-7-20-39(47)41-30-29-34(31-50(41)61)54-57-55(44-22-9-13-28-53(44)64-57)60-58(59-54)63-49-27-12-8-21-40(49)45-32-51-46(33-52(45)63)43-24-14-23-42-37-18-5-4-17-36(37)38-19-6-11-26-48(38)62(51)56(42)43/h1-33H. The lowest BCUT2D eigenvalue weighted by Gasteiger charge is -2.12. The fourth-order valence-corrected chi connectivity index (χ4v) is 10.9. The Kier molecular flexibility index (Phi) is 6.59. The summed E-state index contributed by atoms with van der Waals surface area (Å²) in [6.07, 6.45) is 0. The van der Waals surface area contributed by atoms with E-state index in [1.54, 1.807) is 0 Å². The Morgan fingerprint density at radius 2 is 0.938 bits per heavy atom. The molecule has 64 heavy (non-hydrogen) atoms. The zero-order valence-corrected chi connectivity index (χ0v) is 34.2. The molecule has 0 aliphatic carbocycles. The van der Waals surface area contributed by atoms with Crippen LogP contribution < -0.4 is 0 Å². The van der Waals surface area contributed by atoms with Crippen molar-refractivity contribution in [2.24, 2.45) is 0 Å². The van der Waals surface area contributed by atoms with Crippen LogP contribution in [-0.2, 0) is 0 Å². The molecule has 6 heteroatoms. The highest BCUT2D eigenvalue weighted by molar-refractivity contribution is 6.22. The van der Waals surface area contributed by atoms with Crippen molar-refractivity contribution in [2.75, 3.05) is 0 Å². The molecule has 1 aliphatic heterocycles. The molecule has 5 aromatic heterocycles. The number of nitrogens with zero attached hydrogens (tertiary/aromatic N) is 5. The molecule has 0 amide bonds. The predicted molar refractivity (Wildman–Crippen MR) is 262 cm³/mol. The molecule has 0 atom stereocenters. The summed E-state index contributed by atoms with van der Waals surface area (Å²) in [4.78, 5) is 11.0. The molecule has 14 aromatic rings. The SMILES string of the molecule is c1ccc(-n2c3ccccc3c3ccc(-c4nc(-n5c6ccccc6c6cc7c(cc65)c5cccc6c5n7-c5ccccc5-c5ccccc5-6)nc5c4oc4ccccc45)cc32)cc1. The van der Waals surface area contributed by atoms with Crippen molar-refractivity contribution in [1.29, 1.82) is 0 Å². The van der Waals surface area contributed by atoms with Gasteiger partial charge in [-0.1, -0.05) is 140 Å². The molecule has 0 spiro atoms. The van der Waals surface area contributed by atoms with Crippen LogP contribution in [0.25, 0.3) is 138 Å². The van der Waals surface area contributed by atoms with Gasteiger partial charge < -0.3 is 13.6 Å². The van der Waals surface area contributed by atoms with Crippen molar-refractivity contribution in [3.05, 3.63) is 200 Å². The van der Waals surface area contributed by atoms with E-state index in [-0.39, 0.29) is 0 Å². The second-order valence-corrected chi connectivity index (χ2v) is 16.9. The van der Waals surface area contributed by atoms with Crippen LogP contribution in [0, 0.1) is 0 Å². The number of rotatable bonds is 3. The van der Waals surface area contributed by atoms with Crippen molar-refractivity contribution < 1.29 is 4.42 Å². The van der Waals surface area contributed by atoms with Crippen LogP contribution in [0.15, 0.2) is 205 Å². The molecule has 0 fully saturated rings. The van der Waals surface area contributed by atoms with E-state index in [1.807, 2.05) is 12.1 Å². The van der Waals surface area contributed by atoms with Crippen molar-refractivity contribution in [3.63, 3.8) is 0 Å². The van der Waals surface area contributed by atoms with Gasteiger partial charge in [-0.2, -0.15) is 0 Å². The summed E-state index contributed by atoms with van der Waals surface area (Å²) in [5.74, 6) is 0.591. The fraction of sp³-hybridized carbons (Fsp3) is 0. The number of para-hydroxylation sites is 6. The third-order valence-electron chi connectivity index (χ3n) is 13.6. The molecule has 1 aliphatic rings. The van der Waals surface area contributed by atoms with E-state index in [4.69, 9.17) is 14.4 Å². The molecular weight excluding hydrogens is 783 g/mol. The minimum atomic E-state index is 0.591. The van der Waals surface area contributed by atoms with Gasteiger partial charge in [0.1, 0.15) is 16.8 Å². The van der Waals surface area contributed by atoms with E-state index >= 15 is 0 Å². The summed E-state index contributed by atoms with van der Waals surface area (Å²) in [6.45, 7) is 0. The molecule has 15 rings (SSSR count). The summed E-state index contributed by atoms with van der Waals surface area (Å²) in [5, 5.41) is 7.99. The average Bonchev–Trinajstić information content (AvgIpc) is 4.07. The van der Waals surface area contributed by atoms with E-state index in [0.717, 1.165) is 71.8 Å². The monoisotopic (exact) mass is 815 g/mol. The first-order valence-corrected chi connectivity index (χ1v) is 21.7. The number of furan rings is 1. The van der Waals surface area contributed by atoms with Crippen LogP contribution in [-0.4, -0.2) is 23.7 Å².